The molecule has 114 valence electrons. The molecule has 2 rings (SSSR count). The van der Waals surface area contributed by atoms with Gasteiger partial charge in [0.15, 0.2) is 6.61 Å². The van der Waals surface area contributed by atoms with E-state index in [9.17, 15) is 14.7 Å². The molecule has 0 saturated carbocycles. The number of carboxylic acid groups (broad SMARTS) is 1. The highest BCUT2D eigenvalue weighted by molar-refractivity contribution is 8.00. The number of benzene rings is 1. The number of thioether (sulfide) groups is 1. The maximum atomic E-state index is 12.3. The number of hydrogen-bond acceptors (Lipinski definition) is 4. The number of para-hydroxylation sites is 1. The second kappa shape index (κ2) is 6.39. The van der Waals surface area contributed by atoms with Crippen LogP contribution in [0.5, 0.6) is 5.75 Å². The molecular weight excluding hydrogens is 290 g/mol. The number of aliphatic carboxylic acids is 1. The van der Waals surface area contributed by atoms with E-state index in [0.717, 1.165) is 11.1 Å². The molecule has 1 aromatic rings. The molecule has 0 bridgehead atoms. The van der Waals surface area contributed by atoms with E-state index >= 15 is 0 Å². The van der Waals surface area contributed by atoms with Crippen LogP contribution in [0.2, 0.25) is 0 Å². The summed E-state index contributed by atoms with van der Waals surface area (Å²) in [4.78, 5) is 24.9. The van der Waals surface area contributed by atoms with Crippen molar-refractivity contribution >= 4 is 23.6 Å². The minimum absolute atomic E-state index is 0.139. The lowest BCUT2D eigenvalue weighted by Crippen LogP contribution is -2.46. The summed E-state index contributed by atoms with van der Waals surface area (Å²) in [5.41, 5.74) is 1.92. The second-order valence-electron chi connectivity index (χ2n) is 5.10. The Labute approximate surface area is 128 Å². The van der Waals surface area contributed by atoms with Gasteiger partial charge in [-0.25, -0.2) is 4.79 Å². The van der Waals surface area contributed by atoms with E-state index in [4.69, 9.17) is 4.74 Å². The van der Waals surface area contributed by atoms with E-state index < -0.39 is 12.0 Å². The van der Waals surface area contributed by atoms with Gasteiger partial charge < -0.3 is 14.7 Å². The summed E-state index contributed by atoms with van der Waals surface area (Å²) >= 11 is 1.47. The number of carboxylic acids is 1. The molecule has 1 saturated heterocycles. The Kier molecular flexibility index (Phi) is 4.77. The van der Waals surface area contributed by atoms with Crippen LogP contribution in [0.15, 0.2) is 18.2 Å². The summed E-state index contributed by atoms with van der Waals surface area (Å²) in [7, 11) is 0. The number of nitrogens with zero attached hydrogens (tertiary/aromatic N) is 1. The first-order valence-electron chi connectivity index (χ1n) is 6.76. The average molecular weight is 309 g/mol. The van der Waals surface area contributed by atoms with Gasteiger partial charge >= 0.3 is 5.97 Å². The van der Waals surface area contributed by atoms with Crippen molar-refractivity contribution in [2.45, 2.75) is 32.2 Å². The predicted octanol–water partition coefficient (Wildman–Crippen LogP) is 2.06. The van der Waals surface area contributed by atoms with Gasteiger partial charge in [0.2, 0.25) is 0 Å². The van der Waals surface area contributed by atoms with E-state index in [1.54, 1.807) is 0 Å². The van der Waals surface area contributed by atoms with Gasteiger partial charge in [-0.15, -0.1) is 11.8 Å². The molecule has 0 aromatic heterocycles. The lowest BCUT2D eigenvalue weighted by Gasteiger charge is -2.25. The molecule has 1 fully saturated rings. The highest BCUT2D eigenvalue weighted by Crippen LogP contribution is 2.29. The average Bonchev–Trinajstić information content (AvgIpc) is 2.80. The predicted molar refractivity (Wildman–Crippen MR) is 81.6 cm³/mol. The summed E-state index contributed by atoms with van der Waals surface area (Å²) in [6, 6.07) is 5.00. The third kappa shape index (κ3) is 3.32. The summed E-state index contributed by atoms with van der Waals surface area (Å²) in [6.45, 7) is 5.54. The zero-order chi connectivity index (χ0) is 15.6. The van der Waals surface area contributed by atoms with Crippen molar-refractivity contribution in [2.75, 3.05) is 12.4 Å². The van der Waals surface area contributed by atoms with Crippen LogP contribution in [0, 0.1) is 13.8 Å². The van der Waals surface area contributed by atoms with Crippen LogP contribution in [0.3, 0.4) is 0 Å². The summed E-state index contributed by atoms with van der Waals surface area (Å²) in [6.07, 6.45) is 0. The standard InChI is InChI=1S/C15H19NO4S/c1-9-5-4-6-10(2)14(9)20-7-13(17)16-11(3)21-8-12(16)15(18)19/h4-6,11-12H,7-8H2,1-3H3,(H,18,19). The molecule has 1 N–H and O–H groups in total. The number of rotatable bonds is 4. The zero-order valence-corrected chi connectivity index (χ0v) is 13.1. The number of carbonyl (C=O) groups excluding carboxylic acids is 1. The fourth-order valence-corrected chi connectivity index (χ4v) is 3.64. The van der Waals surface area contributed by atoms with Gasteiger partial charge in [-0.3, -0.25) is 4.79 Å². The lowest BCUT2D eigenvalue weighted by atomic mass is 10.1. The summed E-state index contributed by atoms with van der Waals surface area (Å²) in [5, 5.41) is 9.04. The normalized spacial score (nSPS) is 21.4. The fourth-order valence-electron chi connectivity index (χ4n) is 2.45. The Morgan fingerprint density at radius 1 is 1.38 bits per heavy atom. The largest absolute Gasteiger partial charge is 0.483 e. The van der Waals surface area contributed by atoms with E-state index in [-0.39, 0.29) is 17.9 Å². The van der Waals surface area contributed by atoms with Gasteiger partial charge in [-0.1, -0.05) is 18.2 Å². The Hall–Kier alpha value is -1.69. The quantitative estimate of drug-likeness (QED) is 0.922. The monoisotopic (exact) mass is 309 g/mol. The Morgan fingerprint density at radius 3 is 2.57 bits per heavy atom. The van der Waals surface area contributed by atoms with E-state index in [1.165, 1.54) is 16.7 Å². The number of amides is 1. The topological polar surface area (TPSA) is 66.8 Å². The maximum Gasteiger partial charge on any atom is 0.327 e. The summed E-state index contributed by atoms with van der Waals surface area (Å²) < 4.78 is 5.62. The molecule has 2 atom stereocenters. The van der Waals surface area contributed by atoms with Crippen LogP contribution in [0.4, 0.5) is 0 Å². The third-order valence-electron chi connectivity index (χ3n) is 3.54. The van der Waals surface area contributed by atoms with Crippen LogP contribution >= 0.6 is 11.8 Å². The van der Waals surface area contributed by atoms with Crippen molar-refractivity contribution in [2.24, 2.45) is 0 Å². The van der Waals surface area contributed by atoms with Gasteiger partial charge in [0.1, 0.15) is 11.8 Å². The molecule has 0 aliphatic carbocycles. The molecule has 1 aromatic carbocycles. The number of ether oxygens (including phenoxy) is 1. The van der Waals surface area contributed by atoms with Crippen molar-refractivity contribution in [3.05, 3.63) is 29.3 Å². The fraction of sp³-hybridized carbons (Fsp3) is 0.467. The highest BCUT2D eigenvalue weighted by atomic mass is 32.2. The Bertz CT molecular complexity index is 540. The van der Waals surface area contributed by atoms with E-state index in [0.29, 0.717) is 11.5 Å². The lowest BCUT2D eigenvalue weighted by molar-refractivity contribution is -0.149. The molecule has 5 nitrogen and oxygen atoms in total. The molecule has 1 heterocycles. The molecule has 0 spiro atoms. The van der Waals surface area contributed by atoms with Crippen molar-refractivity contribution in [3.63, 3.8) is 0 Å². The first-order valence-corrected chi connectivity index (χ1v) is 7.81. The Balaban J connectivity index is 2.06. The smallest absolute Gasteiger partial charge is 0.327 e. The second-order valence-corrected chi connectivity index (χ2v) is 6.45. The van der Waals surface area contributed by atoms with Crippen LogP contribution in [-0.4, -0.2) is 45.7 Å². The van der Waals surface area contributed by atoms with Crippen molar-refractivity contribution in [1.29, 1.82) is 0 Å². The maximum absolute atomic E-state index is 12.3. The van der Waals surface area contributed by atoms with Gasteiger partial charge in [0, 0.05) is 5.75 Å². The molecule has 6 heteroatoms. The molecular formula is C15H19NO4S. The zero-order valence-electron chi connectivity index (χ0n) is 12.3. The minimum Gasteiger partial charge on any atom is -0.483 e. The van der Waals surface area contributed by atoms with Crippen LogP contribution in [-0.2, 0) is 9.59 Å². The van der Waals surface area contributed by atoms with E-state index in [1.807, 2.05) is 39.0 Å². The molecule has 1 amide bonds. The molecule has 1 aliphatic rings. The molecule has 2 unspecified atom stereocenters. The summed E-state index contributed by atoms with van der Waals surface area (Å²) in [5.74, 6) is -0.141. The number of hydrogen-bond donors (Lipinski definition) is 1. The first kappa shape index (κ1) is 15.7. The van der Waals surface area contributed by atoms with Crippen molar-refractivity contribution in [1.82, 2.24) is 4.90 Å². The van der Waals surface area contributed by atoms with Crippen LogP contribution in [0.25, 0.3) is 0 Å². The van der Waals surface area contributed by atoms with Crippen LogP contribution in [0.1, 0.15) is 18.1 Å². The number of aryl methyl sites for hydroxylation is 2. The Morgan fingerprint density at radius 2 is 2.00 bits per heavy atom. The van der Waals surface area contributed by atoms with Crippen molar-refractivity contribution in [3.8, 4) is 5.75 Å². The third-order valence-corrected chi connectivity index (χ3v) is 4.76. The molecule has 21 heavy (non-hydrogen) atoms. The molecule has 0 radical (unpaired) electrons. The van der Waals surface area contributed by atoms with Crippen molar-refractivity contribution < 1.29 is 19.4 Å². The van der Waals surface area contributed by atoms with Crippen LogP contribution < -0.4 is 4.74 Å². The van der Waals surface area contributed by atoms with Gasteiger partial charge in [0.05, 0.1) is 5.37 Å². The van der Waals surface area contributed by atoms with Gasteiger partial charge in [0.25, 0.3) is 5.91 Å². The van der Waals surface area contributed by atoms with E-state index in [2.05, 4.69) is 0 Å². The SMILES string of the molecule is Cc1cccc(C)c1OCC(=O)N1C(C)SCC1C(=O)O. The number of carbonyl (C=O) groups is 2. The molecule has 1 aliphatic heterocycles. The minimum atomic E-state index is -0.965. The highest BCUT2D eigenvalue weighted by Gasteiger charge is 2.39. The van der Waals surface area contributed by atoms with Gasteiger partial charge in [-0.05, 0) is 31.9 Å². The van der Waals surface area contributed by atoms with Gasteiger partial charge in [-0.2, -0.15) is 0 Å². The first-order chi connectivity index (χ1) is 9.91.